The smallest absolute Gasteiger partial charge is 0.255 e. The molecular formula is C19H21BrN4O2. The average Bonchev–Trinajstić information content (AvgIpc) is 3.05. The van der Waals surface area contributed by atoms with Crippen LogP contribution < -0.4 is 10.1 Å². The molecule has 0 radical (unpaired) electrons. The molecule has 1 aliphatic rings. The average molecular weight is 417 g/mol. The van der Waals surface area contributed by atoms with Gasteiger partial charge >= 0.3 is 0 Å². The molecule has 3 N–H and O–H groups in total. The second-order valence-corrected chi connectivity index (χ2v) is 7.08. The summed E-state index contributed by atoms with van der Waals surface area (Å²) in [6, 6.07) is 11.3. The van der Waals surface area contributed by atoms with E-state index in [1.54, 1.807) is 0 Å². The van der Waals surface area contributed by atoms with Crippen LogP contribution in [0, 0.1) is 5.41 Å². The summed E-state index contributed by atoms with van der Waals surface area (Å²) in [5, 5.41) is 10.9. The summed E-state index contributed by atoms with van der Waals surface area (Å²) in [5.41, 5.74) is 2.69. The number of aromatic amines is 1. The molecular weight excluding hydrogens is 396 g/mol. The fourth-order valence-corrected chi connectivity index (χ4v) is 3.45. The monoisotopic (exact) mass is 416 g/mol. The van der Waals surface area contributed by atoms with Gasteiger partial charge in [-0.05, 0) is 34.1 Å². The number of nitrogens with zero attached hydrogens (tertiary/aromatic N) is 1. The van der Waals surface area contributed by atoms with Crippen molar-refractivity contribution < 1.29 is 9.53 Å². The number of H-pyrrole nitrogens is 1. The molecule has 7 heteroatoms. The van der Waals surface area contributed by atoms with Gasteiger partial charge < -0.3 is 25.3 Å². The lowest BCUT2D eigenvalue weighted by atomic mass is 10.00. The summed E-state index contributed by atoms with van der Waals surface area (Å²) in [6.07, 6.45) is 1.80. The maximum atomic E-state index is 13.0. The first kappa shape index (κ1) is 18.3. The number of benzene rings is 1. The lowest BCUT2D eigenvalue weighted by Crippen LogP contribution is -2.34. The molecule has 0 bridgehead atoms. The highest BCUT2D eigenvalue weighted by molar-refractivity contribution is 9.10. The fraction of sp³-hybridized carbons (Fsp3) is 0.263. The molecule has 1 unspecified atom stereocenters. The Kier molecular flexibility index (Phi) is 5.46. The summed E-state index contributed by atoms with van der Waals surface area (Å²) in [4.78, 5) is 18.0. The molecule has 2 aromatic rings. The minimum atomic E-state index is -0.281. The van der Waals surface area contributed by atoms with Gasteiger partial charge in [0.15, 0.2) is 0 Å². The molecule has 3 rings (SSSR count). The van der Waals surface area contributed by atoms with Crippen LogP contribution in [0.5, 0.6) is 5.75 Å². The standard InChI is InChI=1S/C19H21BrN4O2/c1-24(2)18(15-7-8-17(20)22-15)13(11-21)19(25)23-14-9-10-26-16-6-4-3-5-12(14)16/h3-8,11,14,21-22H,9-10H2,1-2H3,(H,23,25)/b18-13-,21-11?. The minimum Gasteiger partial charge on any atom is -0.493 e. The van der Waals surface area contributed by atoms with E-state index in [0.29, 0.717) is 24.3 Å². The predicted octanol–water partition coefficient (Wildman–Crippen LogP) is 3.34. The highest BCUT2D eigenvalue weighted by Crippen LogP contribution is 2.32. The third kappa shape index (κ3) is 3.67. The quantitative estimate of drug-likeness (QED) is 0.516. The summed E-state index contributed by atoms with van der Waals surface area (Å²) in [7, 11) is 3.70. The van der Waals surface area contributed by atoms with Gasteiger partial charge in [-0.1, -0.05) is 18.2 Å². The summed E-state index contributed by atoms with van der Waals surface area (Å²) >= 11 is 3.39. The molecule has 1 aromatic carbocycles. The summed E-state index contributed by atoms with van der Waals surface area (Å²) in [5.74, 6) is 0.515. The Balaban J connectivity index is 1.93. The molecule has 26 heavy (non-hydrogen) atoms. The molecule has 2 heterocycles. The van der Waals surface area contributed by atoms with Crippen molar-refractivity contribution in [1.29, 1.82) is 5.41 Å². The number of hydrogen-bond acceptors (Lipinski definition) is 4. The van der Waals surface area contributed by atoms with Gasteiger partial charge in [0.2, 0.25) is 0 Å². The summed E-state index contributed by atoms with van der Waals surface area (Å²) < 4.78 is 6.47. The minimum absolute atomic E-state index is 0.138. The maximum absolute atomic E-state index is 13.0. The maximum Gasteiger partial charge on any atom is 0.255 e. The van der Waals surface area contributed by atoms with Crippen molar-refractivity contribution in [3.63, 3.8) is 0 Å². The molecule has 0 saturated carbocycles. The van der Waals surface area contributed by atoms with Crippen LogP contribution in [-0.4, -0.2) is 42.7 Å². The van der Waals surface area contributed by atoms with Gasteiger partial charge in [0.05, 0.1) is 34.2 Å². The number of ether oxygens (including phenoxy) is 1. The zero-order valence-electron chi connectivity index (χ0n) is 14.7. The largest absolute Gasteiger partial charge is 0.493 e. The SMILES string of the molecule is CN(C)/C(=C(/C=N)C(=O)NC1CCOc2ccccc21)c1ccc(Br)[nH]1. The molecule has 6 nitrogen and oxygen atoms in total. The number of aromatic nitrogens is 1. The predicted molar refractivity (Wildman–Crippen MR) is 105 cm³/mol. The first-order valence-electron chi connectivity index (χ1n) is 8.30. The van der Waals surface area contributed by atoms with Gasteiger partial charge in [0, 0.05) is 32.3 Å². The van der Waals surface area contributed by atoms with Crippen molar-refractivity contribution in [2.24, 2.45) is 0 Å². The van der Waals surface area contributed by atoms with Crippen LogP contribution in [0.4, 0.5) is 0 Å². The molecule has 1 aliphatic heterocycles. The number of nitrogens with one attached hydrogen (secondary N) is 3. The van der Waals surface area contributed by atoms with Gasteiger partial charge in [0.1, 0.15) is 5.75 Å². The Hall–Kier alpha value is -2.54. The van der Waals surface area contributed by atoms with Crippen LogP contribution >= 0.6 is 15.9 Å². The van der Waals surface area contributed by atoms with Crippen LogP contribution in [0.3, 0.4) is 0 Å². The molecule has 0 saturated heterocycles. The van der Waals surface area contributed by atoms with E-state index < -0.39 is 0 Å². The van der Waals surface area contributed by atoms with E-state index >= 15 is 0 Å². The Bertz CT molecular complexity index is 857. The van der Waals surface area contributed by atoms with Crippen molar-refractivity contribution in [2.45, 2.75) is 12.5 Å². The number of amides is 1. The van der Waals surface area contributed by atoms with Gasteiger partial charge in [-0.2, -0.15) is 0 Å². The van der Waals surface area contributed by atoms with E-state index in [1.165, 1.54) is 0 Å². The van der Waals surface area contributed by atoms with Crippen molar-refractivity contribution in [2.75, 3.05) is 20.7 Å². The second-order valence-electron chi connectivity index (χ2n) is 6.22. The van der Waals surface area contributed by atoms with Crippen molar-refractivity contribution in [1.82, 2.24) is 15.2 Å². The van der Waals surface area contributed by atoms with Crippen LogP contribution in [0.1, 0.15) is 23.7 Å². The van der Waals surface area contributed by atoms with Gasteiger partial charge in [-0.3, -0.25) is 4.79 Å². The van der Waals surface area contributed by atoms with E-state index in [9.17, 15) is 4.79 Å². The van der Waals surface area contributed by atoms with Gasteiger partial charge in [-0.15, -0.1) is 0 Å². The van der Waals surface area contributed by atoms with Crippen LogP contribution in [-0.2, 0) is 4.79 Å². The first-order valence-corrected chi connectivity index (χ1v) is 9.10. The Morgan fingerprint density at radius 1 is 1.35 bits per heavy atom. The first-order chi connectivity index (χ1) is 12.5. The molecule has 0 spiro atoms. The number of para-hydroxylation sites is 1. The van der Waals surface area contributed by atoms with Crippen LogP contribution in [0.15, 0.2) is 46.6 Å². The number of hydrogen-bond donors (Lipinski definition) is 3. The number of rotatable bonds is 5. The number of fused-ring (bicyclic) bond motifs is 1. The Morgan fingerprint density at radius 2 is 2.12 bits per heavy atom. The van der Waals surface area contributed by atoms with E-state index in [1.807, 2.05) is 55.4 Å². The second kappa shape index (κ2) is 7.78. The van der Waals surface area contributed by atoms with E-state index in [2.05, 4.69) is 26.2 Å². The molecule has 1 aromatic heterocycles. The van der Waals surface area contributed by atoms with Gasteiger partial charge in [-0.25, -0.2) is 0 Å². The van der Waals surface area contributed by atoms with Crippen molar-refractivity contribution in [3.8, 4) is 5.75 Å². The van der Waals surface area contributed by atoms with Gasteiger partial charge in [0.25, 0.3) is 5.91 Å². The Morgan fingerprint density at radius 3 is 2.77 bits per heavy atom. The summed E-state index contributed by atoms with van der Waals surface area (Å²) in [6.45, 7) is 0.551. The zero-order valence-corrected chi connectivity index (χ0v) is 16.3. The van der Waals surface area contributed by atoms with E-state index in [4.69, 9.17) is 10.1 Å². The fourth-order valence-electron chi connectivity index (χ4n) is 3.10. The third-order valence-electron chi connectivity index (χ3n) is 4.26. The molecule has 1 atom stereocenters. The van der Waals surface area contributed by atoms with E-state index in [-0.39, 0.29) is 11.9 Å². The zero-order chi connectivity index (χ0) is 18.7. The highest BCUT2D eigenvalue weighted by atomic mass is 79.9. The Labute approximate surface area is 160 Å². The van der Waals surface area contributed by atoms with Crippen LogP contribution in [0.2, 0.25) is 0 Å². The topological polar surface area (TPSA) is 81.2 Å². The lowest BCUT2D eigenvalue weighted by molar-refractivity contribution is -0.117. The van der Waals surface area contributed by atoms with Crippen LogP contribution in [0.25, 0.3) is 5.70 Å². The molecule has 0 fully saturated rings. The number of halogens is 1. The van der Waals surface area contributed by atoms with E-state index in [0.717, 1.165) is 27.8 Å². The third-order valence-corrected chi connectivity index (χ3v) is 4.72. The lowest BCUT2D eigenvalue weighted by Gasteiger charge is -2.27. The molecule has 1 amide bonds. The normalized spacial score (nSPS) is 16.8. The number of carbonyl (C=O) groups is 1. The number of carbonyl (C=O) groups excluding carboxylic acids is 1. The van der Waals surface area contributed by atoms with Crippen molar-refractivity contribution >= 4 is 33.7 Å². The molecule has 136 valence electrons. The highest BCUT2D eigenvalue weighted by Gasteiger charge is 2.25. The van der Waals surface area contributed by atoms with Crippen molar-refractivity contribution in [3.05, 3.63) is 57.8 Å². The molecule has 0 aliphatic carbocycles.